The molecule has 0 amide bonds. The van der Waals surface area contributed by atoms with Crippen molar-refractivity contribution >= 4 is 11.6 Å². The van der Waals surface area contributed by atoms with Crippen LogP contribution in [0.2, 0.25) is 0 Å². The van der Waals surface area contributed by atoms with Gasteiger partial charge >= 0.3 is 0 Å². The maximum atomic E-state index is 8.73. The molecular formula is C8H10ClN3. The summed E-state index contributed by atoms with van der Waals surface area (Å²) >= 11 is 5.57. The lowest BCUT2D eigenvalue weighted by Gasteiger charge is -2.05. The van der Waals surface area contributed by atoms with Crippen LogP contribution in [0.15, 0.2) is 12.5 Å². The van der Waals surface area contributed by atoms with Gasteiger partial charge in [-0.2, -0.15) is 5.26 Å². The first-order chi connectivity index (χ1) is 5.81. The molecule has 1 heterocycles. The topological polar surface area (TPSA) is 41.6 Å². The van der Waals surface area contributed by atoms with Crippen molar-refractivity contribution in [2.75, 3.05) is 0 Å². The van der Waals surface area contributed by atoms with Crippen molar-refractivity contribution < 1.29 is 0 Å². The van der Waals surface area contributed by atoms with E-state index < -0.39 is 0 Å². The van der Waals surface area contributed by atoms with Gasteiger partial charge in [0.15, 0.2) is 0 Å². The van der Waals surface area contributed by atoms with E-state index in [-0.39, 0.29) is 6.04 Å². The summed E-state index contributed by atoms with van der Waals surface area (Å²) < 4.78 is 1.79. The second kappa shape index (κ2) is 4.13. The van der Waals surface area contributed by atoms with Crippen molar-refractivity contribution in [1.29, 1.82) is 5.26 Å². The molecule has 4 heteroatoms. The molecule has 12 heavy (non-hydrogen) atoms. The summed E-state index contributed by atoms with van der Waals surface area (Å²) in [6.07, 6.45) is 4.24. The molecule has 0 aliphatic heterocycles. The van der Waals surface area contributed by atoms with E-state index >= 15 is 0 Å². The standard InChI is InChI=1S/C8H10ClN3/c1-2-8(4-10)12-5-7(3-9)11-6-12/h5-6,8H,2-3H2,1H3. The van der Waals surface area contributed by atoms with E-state index in [1.165, 1.54) is 0 Å². The molecule has 0 saturated heterocycles. The Morgan fingerprint density at radius 3 is 3.00 bits per heavy atom. The van der Waals surface area contributed by atoms with Gasteiger partial charge in [0.25, 0.3) is 0 Å². The van der Waals surface area contributed by atoms with Gasteiger partial charge in [0, 0.05) is 6.20 Å². The SMILES string of the molecule is CCC(C#N)n1cnc(CCl)c1. The number of rotatable bonds is 3. The van der Waals surface area contributed by atoms with E-state index in [4.69, 9.17) is 16.9 Å². The van der Waals surface area contributed by atoms with Crippen LogP contribution in [0.1, 0.15) is 25.1 Å². The van der Waals surface area contributed by atoms with Crippen LogP contribution in [0.4, 0.5) is 0 Å². The van der Waals surface area contributed by atoms with Crippen molar-refractivity contribution in [2.45, 2.75) is 25.3 Å². The largest absolute Gasteiger partial charge is 0.321 e. The van der Waals surface area contributed by atoms with Gasteiger partial charge in [0.2, 0.25) is 0 Å². The zero-order chi connectivity index (χ0) is 8.97. The van der Waals surface area contributed by atoms with Gasteiger partial charge in [-0.3, -0.25) is 0 Å². The summed E-state index contributed by atoms with van der Waals surface area (Å²) in [5, 5.41) is 8.73. The molecule has 1 rings (SSSR count). The van der Waals surface area contributed by atoms with Crippen molar-refractivity contribution in [3.05, 3.63) is 18.2 Å². The lowest BCUT2D eigenvalue weighted by molar-refractivity contribution is 0.596. The normalized spacial score (nSPS) is 12.4. The summed E-state index contributed by atoms with van der Waals surface area (Å²) in [6.45, 7) is 1.97. The van der Waals surface area contributed by atoms with Crippen molar-refractivity contribution in [3.8, 4) is 6.07 Å². The van der Waals surface area contributed by atoms with Crippen LogP contribution >= 0.6 is 11.6 Å². The highest BCUT2D eigenvalue weighted by Gasteiger charge is 2.06. The maximum absolute atomic E-state index is 8.73. The average Bonchev–Trinajstić information content (AvgIpc) is 2.55. The van der Waals surface area contributed by atoms with Crippen LogP contribution in [0.3, 0.4) is 0 Å². The van der Waals surface area contributed by atoms with Gasteiger partial charge in [-0.05, 0) is 6.42 Å². The number of nitriles is 1. The highest BCUT2D eigenvalue weighted by Crippen LogP contribution is 2.11. The van der Waals surface area contributed by atoms with Crippen LogP contribution in [0, 0.1) is 11.3 Å². The molecule has 0 aromatic carbocycles. The van der Waals surface area contributed by atoms with Crippen molar-refractivity contribution in [2.24, 2.45) is 0 Å². The zero-order valence-electron chi connectivity index (χ0n) is 6.87. The number of halogens is 1. The van der Waals surface area contributed by atoms with E-state index in [1.54, 1.807) is 10.9 Å². The molecule has 0 radical (unpaired) electrons. The van der Waals surface area contributed by atoms with E-state index in [0.29, 0.717) is 5.88 Å². The Bertz CT molecular complexity index is 287. The quantitative estimate of drug-likeness (QED) is 0.674. The fraction of sp³-hybridized carbons (Fsp3) is 0.500. The van der Waals surface area contributed by atoms with Crippen LogP contribution < -0.4 is 0 Å². The monoisotopic (exact) mass is 183 g/mol. The van der Waals surface area contributed by atoms with Gasteiger partial charge in [0.1, 0.15) is 6.04 Å². The number of hydrogen-bond donors (Lipinski definition) is 0. The summed E-state index contributed by atoms with van der Waals surface area (Å²) in [5.41, 5.74) is 0.811. The third-order valence-corrected chi connectivity index (χ3v) is 1.96. The first-order valence-corrected chi connectivity index (χ1v) is 4.33. The van der Waals surface area contributed by atoms with Crippen molar-refractivity contribution in [1.82, 2.24) is 9.55 Å². The summed E-state index contributed by atoms with van der Waals surface area (Å²) in [4.78, 5) is 4.03. The van der Waals surface area contributed by atoms with E-state index in [1.807, 2.05) is 13.1 Å². The molecular weight excluding hydrogens is 174 g/mol. The maximum Gasteiger partial charge on any atom is 0.121 e. The third kappa shape index (κ3) is 1.77. The minimum Gasteiger partial charge on any atom is -0.321 e. The van der Waals surface area contributed by atoms with E-state index in [0.717, 1.165) is 12.1 Å². The van der Waals surface area contributed by atoms with E-state index in [9.17, 15) is 0 Å². The number of hydrogen-bond acceptors (Lipinski definition) is 2. The Balaban J connectivity index is 2.81. The summed E-state index contributed by atoms with van der Waals surface area (Å²) in [7, 11) is 0. The molecule has 1 aromatic heterocycles. The zero-order valence-corrected chi connectivity index (χ0v) is 7.62. The van der Waals surface area contributed by atoms with Gasteiger partial charge in [-0.15, -0.1) is 11.6 Å². The Labute approximate surface area is 76.6 Å². The third-order valence-electron chi connectivity index (χ3n) is 1.69. The predicted molar refractivity (Wildman–Crippen MR) is 46.7 cm³/mol. The average molecular weight is 184 g/mol. The smallest absolute Gasteiger partial charge is 0.121 e. The van der Waals surface area contributed by atoms with Crippen molar-refractivity contribution in [3.63, 3.8) is 0 Å². The highest BCUT2D eigenvalue weighted by molar-refractivity contribution is 6.16. The summed E-state index contributed by atoms with van der Waals surface area (Å²) in [5.74, 6) is 0.398. The van der Waals surface area contributed by atoms with Gasteiger partial charge in [-0.1, -0.05) is 6.92 Å². The predicted octanol–water partition coefficient (Wildman–Crippen LogP) is 2.10. The number of imidazole rings is 1. The molecule has 1 unspecified atom stereocenters. The van der Waals surface area contributed by atoms with Crippen LogP contribution in [-0.2, 0) is 5.88 Å². The second-order valence-corrected chi connectivity index (χ2v) is 2.77. The Morgan fingerprint density at radius 2 is 2.58 bits per heavy atom. The number of alkyl halides is 1. The van der Waals surface area contributed by atoms with Gasteiger partial charge < -0.3 is 4.57 Å². The van der Waals surface area contributed by atoms with Crippen LogP contribution in [0.5, 0.6) is 0 Å². The summed E-state index contributed by atoms with van der Waals surface area (Å²) in [6, 6.07) is 2.07. The molecule has 1 aromatic rings. The van der Waals surface area contributed by atoms with Crippen LogP contribution in [0.25, 0.3) is 0 Å². The molecule has 0 aliphatic rings. The van der Waals surface area contributed by atoms with Gasteiger partial charge in [0.05, 0.1) is 24.0 Å². The fourth-order valence-corrected chi connectivity index (χ4v) is 1.13. The minimum atomic E-state index is -0.116. The molecule has 0 bridgehead atoms. The molecule has 0 saturated carbocycles. The minimum absolute atomic E-state index is 0.116. The second-order valence-electron chi connectivity index (χ2n) is 2.50. The molecule has 3 nitrogen and oxygen atoms in total. The molecule has 1 atom stereocenters. The first-order valence-electron chi connectivity index (χ1n) is 3.79. The molecule has 0 fully saturated rings. The highest BCUT2D eigenvalue weighted by atomic mass is 35.5. The van der Waals surface area contributed by atoms with E-state index in [2.05, 4.69) is 11.1 Å². The Morgan fingerprint density at radius 1 is 1.83 bits per heavy atom. The molecule has 0 spiro atoms. The van der Waals surface area contributed by atoms with Gasteiger partial charge in [-0.25, -0.2) is 4.98 Å². The lowest BCUT2D eigenvalue weighted by atomic mass is 10.2. The fourth-order valence-electron chi connectivity index (χ4n) is 0.988. The molecule has 0 aliphatic carbocycles. The number of nitrogens with zero attached hydrogens (tertiary/aromatic N) is 3. The first kappa shape index (κ1) is 9.08. The lowest BCUT2D eigenvalue weighted by Crippen LogP contribution is -2.02. The Hall–Kier alpha value is -1.01. The number of aromatic nitrogens is 2. The molecule has 0 N–H and O–H groups in total. The Kier molecular flexibility index (Phi) is 3.12. The van der Waals surface area contributed by atoms with Crippen LogP contribution in [-0.4, -0.2) is 9.55 Å². The molecule has 64 valence electrons.